The molecule has 1 amide bonds. The van der Waals surface area contributed by atoms with Crippen LogP contribution in [0.3, 0.4) is 0 Å². The van der Waals surface area contributed by atoms with E-state index in [0.29, 0.717) is 18.3 Å². The van der Waals surface area contributed by atoms with Crippen LogP contribution in [-0.4, -0.2) is 50.4 Å². The van der Waals surface area contributed by atoms with E-state index in [1.807, 2.05) is 75.5 Å². The quantitative estimate of drug-likeness (QED) is 0.398. The Balaban J connectivity index is 1.40. The first-order valence-corrected chi connectivity index (χ1v) is 13.2. The largest absolute Gasteiger partial charge is 0.443 e. The van der Waals surface area contributed by atoms with Gasteiger partial charge >= 0.3 is 6.09 Å². The van der Waals surface area contributed by atoms with Crippen molar-refractivity contribution in [1.29, 1.82) is 0 Å². The molecule has 9 nitrogen and oxygen atoms in total. The number of amides is 1. The highest BCUT2D eigenvalue weighted by Gasteiger charge is 2.33. The highest BCUT2D eigenvalue weighted by molar-refractivity contribution is 5.88. The minimum atomic E-state index is -0.652. The van der Waals surface area contributed by atoms with Crippen molar-refractivity contribution in [3.8, 4) is 11.3 Å². The summed E-state index contributed by atoms with van der Waals surface area (Å²) in [7, 11) is 0. The third kappa shape index (κ3) is 4.93. The molecule has 4 heterocycles. The summed E-state index contributed by atoms with van der Waals surface area (Å²) in [5.41, 5.74) is 10.2. The van der Waals surface area contributed by atoms with Gasteiger partial charge in [-0.15, -0.1) is 0 Å². The molecule has 38 heavy (non-hydrogen) atoms. The van der Waals surface area contributed by atoms with Gasteiger partial charge in [-0.25, -0.2) is 9.78 Å². The van der Waals surface area contributed by atoms with Crippen molar-refractivity contribution in [2.75, 3.05) is 22.9 Å². The number of carbonyl (C=O) groups is 1. The second kappa shape index (κ2) is 9.40. The van der Waals surface area contributed by atoms with Gasteiger partial charge in [0.25, 0.3) is 0 Å². The van der Waals surface area contributed by atoms with Crippen molar-refractivity contribution < 1.29 is 9.53 Å². The highest BCUT2D eigenvalue weighted by Crippen LogP contribution is 2.42. The van der Waals surface area contributed by atoms with Crippen molar-refractivity contribution in [2.24, 2.45) is 5.73 Å². The molecule has 9 heteroatoms. The number of rotatable bonds is 6. The lowest BCUT2D eigenvalue weighted by atomic mass is 10.1. The van der Waals surface area contributed by atoms with Gasteiger partial charge in [0.15, 0.2) is 5.65 Å². The van der Waals surface area contributed by atoms with Crippen LogP contribution in [0.25, 0.3) is 16.9 Å². The van der Waals surface area contributed by atoms with E-state index in [0.717, 1.165) is 59.8 Å². The molecule has 1 aliphatic heterocycles. The molecular weight excluding hydrogens is 478 g/mol. The van der Waals surface area contributed by atoms with Crippen molar-refractivity contribution in [3.63, 3.8) is 0 Å². The zero-order valence-electron chi connectivity index (χ0n) is 22.0. The third-order valence-corrected chi connectivity index (χ3v) is 6.86. The molecule has 2 N–H and O–H groups in total. The maximum absolute atomic E-state index is 13.7. The first-order chi connectivity index (χ1) is 18.2. The van der Waals surface area contributed by atoms with E-state index in [1.54, 1.807) is 15.6 Å². The number of pyridine rings is 1. The van der Waals surface area contributed by atoms with Gasteiger partial charge in [0.2, 0.25) is 0 Å². The van der Waals surface area contributed by atoms with Crippen LogP contribution in [0.5, 0.6) is 0 Å². The zero-order chi connectivity index (χ0) is 26.4. The SMILES string of the molecule is CC(C)(C)OC(=O)N(Cc1ccc(-c2ccccn2)cc1)c1cc(N2CC(N)C2)nc2c(C3CC3)cnn12. The predicted molar refractivity (Wildman–Crippen MR) is 147 cm³/mol. The van der Waals surface area contributed by atoms with E-state index in [4.69, 9.17) is 15.5 Å². The average Bonchev–Trinajstić information content (AvgIpc) is 3.63. The van der Waals surface area contributed by atoms with Gasteiger partial charge in [-0.1, -0.05) is 30.3 Å². The number of ether oxygens (including phenoxy) is 1. The molecule has 4 aromatic rings. The lowest BCUT2D eigenvalue weighted by Crippen LogP contribution is -2.56. The van der Waals surface area contributed by atoms with E-state index in [1.165, 1.54) is 0 Å². The van der Waals surface area contributed by atoms with Crippen molar-refractivity contribution in [2.45, 2.75) is 57.7 Å². The first-order valence-electron chi connectivity index (χ1n) is 13.2. The van der Waals surface area contributed by atoms with Crippen LogP contribution in [0.2, 0.25) is 0 Å². The summed E-state index contributed by atoms with van der Waals surface area (Å²) in [5.74, 6) is 1.90. The lowest BCUT2D eigenvalue weighted by Gasteiger charge is -2.38. The van der Waals surface area contributed by atoms with Crippen LogP contribution >= 0.6 is 0 Å². The average molecular weight is 512 g/mol. The zero-order valence-corrected chi connectivity index (χ0v) is 22.0. The number of hydrogen-bond donors (Lipinski definition) is 1. The number of hydrogen-bond acceptors (Lipinski definition) is 7. The number of nitrogens with two attached hydrogens (primary N) is 1. The summed E-state index contributed by atoms with van der Waals surface area (Å²) in [6.45, 7) is 7.40. The maximum atomic E-state index is 13.7. The summed E-state index contributed by atoms with van der Waals surface area (Å²) >= 11 is 0. The number of benzene rings is 1. The van der Waals surface area contributed by atoms with Crippen LogP contribution in [0.1, 0.15) is 50.7 Å². The van der Waals surface area contributed by atoms with Gasteiger partial charge in [0.05, 0.1) is 18.4 Å². The van der Waals surface area contributed by atoms with Crippen LogP contribution in [0, 0.1) is 0 Å². The summed E-state index contributed by atoms with van der Waals surface area (Å²) in [5, 5.41) is 4.69. The summed E-state index contributed by atoms with van der Waals surface area (Å²) in [6, 6.07) is 16.0. The number of aromatic nitrogens is 4. The molecule has 6 rings (SSSR count). The van der Waals surface area contributed by atoms with E-state index >= 15 is 0 Å². The molecule has 0 bridgehead atoms. The molecule has 0 atom stereocenters. The molecule has 3 aromatic heterocycles. The molecule has 0 radical (unpaired) electrons. The summed E-state index contributed by atoms with van der Waals surface area (Å²) in [6.07, 6.45) is 5.51. The number of anilines is 2. The van der Waals surface area contributed by atoms with Gasteiger partial charge in [0.1, 0.15) is 17.2 Å². The lowest BCUT2D eigenvalue weighted by molar-refractivity contribution is 0.0575. The Hall–Kier alpha value is -3.98. The van der Waals surface area contributed by atoms with Crippen molar-refractivity contribution >= 4 is 23.4 Å². The Bertz CT molecular complexity index is 1450. The third-order valence-electron chi connectivity index (χ3n) is 6.86. The van der Waals surface area contributed by atoms with Gasteiger partial charge in [-0.3, -0.25) is 9.88 Å². The molecule has 1 aromatic carbocycles. The maximum Gasteiger partial charge on any atom is 0.416 e. The van der Waals surface area contributed by atoms with Crippen molar-refractivity contribution in [3.05, 3.63) is 72.1 Å². The van der Waals surface area contributed by atoms with E-state index in [9.17, 15) is 4.79 Å². The van der Waals surface area contributed by atoms with Crippen molar-refractivity contribution in [1.82, 2.24) is 19.6 Å². The molecule has 2 aliphatic rings. The second-order valence-electron chi connectivity index (χ2n) is 11.2. The topological polar surface area (TPSA) is 102 Å². The monoisotopic (exact) mass is 511 g/mol. The minimum absolute atomic E-state index is 0.129. The Morgan fingerprint density at radius 3 is 2.53 bits per heavy atom. The Labute approximate surface area is 222 Å². The molecular formula is C29H33N7O2. The number of nitrogens with zero attached hydrogens (tertiary/aromatic N) is 6. The molecule has 2 fully saturated rings. The first kappa shape index (κ1) is 24.4. The van der Waals surface area contributed by atoms with Crippen LogP contribution in [0.15, 0.2) is 60.9 Å². The standard InChI is InChI=1S/C29H33N7O2/c1-29(2,3)38-28(37)35(16-19-7-9-21(10-8-19)24-6-4-5-13-31-24)26-14-25(34-17-22(30)18-34)33-27-23(20-11-12-20)15-32-36(26)27/h4-10,13-15,20,22H,11-12,16-18,30H2,1-3H3. The van der Waals surface area contributed by atoms with Crippen LogP contribution in [-0.2, 0) is 11.3 Å². The molecule has 0 spiro atoms. The highest BCUT2D eigenvalue weighted by atomic mass is 16.6. The number of carbonyl (C=O) groups excluding carboxylic acids is 1. The summed E-state index contributed by atoms with van der Waals surface area (Å²) < 4.78 is 7.66. The molecule has 1 saturated heterocycles. The van der Waals surface area contributed by atoms with Gasteiger partial charge < -0.3 is 15.4 Å². The van der Waals surface area contributed by atoms with E-state index < -0.39 is 11.7 Å². The van der Waals surface area contributed by atoms with Gasteiger partial charge in [-0.05, 0) is 57.2 Å². The smallest absolute Gasteiger partial charge is 0.416 e. The summed E-state index contributed by atoms with van der Waals surface area (Å²) in [4.78, 5) is 26.9. The Morgan fingerprint density at radius 2 is 1.89 bits per heavy atom. The molecule has 1 aliphatic carbocycles. The normalized spacial score (nSPS) is 15.9. The molecule has 1 saturated carbocycles. The fourth-order valence-corrected chi connectivity index (χ4v) is 4.74. The predicted octanol–water partition coefficient (Wildman–Crippen LogP) is 4.76. The fraction of sp³-hybridized carbons (Fsp3) is 0.379. The van der Waals surface area contributed by atoms with E-state index in [2.05, 4.69) is 15.0 Å². The van der Waals surface area contributed by atoms with Crippen LogP contribution in [0.4, 0.5) is 16.4 Å². The Kier molecular flexibility index (Phi) is 6.03. The van der Waals surface area contributed by atoms with E-state index in [-0.39, 0.29) is 6.04 Å². The second-order valence-corrected chi connectivity index (χ2v) is 11.2. The fourth-order valence-electron chi connectivity index (χ4n) is 4.74. The number of fused-ring (bicyclic) bond motifs is 1. The minimum Gasteiger partial charge on any atom is -0.443 e. The van der Waals surface area contributed by atoms with Gasteiger partial charge in [0, 0.05) is 42.5 Å². The molecule has 196 valence electrons. The Morgan fingerprint density at radius 1 is 1.13 bits per heavy atom. The van der Waals surface area contributed by atoms with Gasteiger partial charge in [-0.2, -0.15) is 9.61 Å². The van der Waals surface area contributed by atoms with Crippen LogP contribution < -0.4 is 15.5 Å². The molecule has 0 unspecified atom stereocenters.